The molecular weight excluding hydrogens is 266 g/mol. The summed E-state index contributed by atoms with van der Waals surface area (Å²) >= 11 is 3.22. The van der Waals surface area contributed by atoms with Crippen LogP contribution in [0.2, 0.25) is 0 Å². The molecule has 0 saturated carbocycles. The van der Waals surface area contributed by atoms with Gasteiger partial charge in [-0.25, -0.2) is 4.98 Å². The lowest BCUT2D eigenvalue weighted by atomic mass is 10.2. The third-order valence-corrected chi connectivity index (χ3v) is 2.76. The number of nitro groups is 1. The van der Waals surface area contributed by atoms with Crippen molar-refractivity contribution in [3.8, 4) is 0 Å². The van der Waals surface area contributed by atoms with Crippen molar-refractivity contribution < 1.29 is 10.0 Å². The molecule has 15 heavy (non-hydrogen) atoms. The summed E-state index contributed by atoms with van der Waals surface area (Å²) in [5, 5.41) is 19.6. The number of aliphatic hydroxyl groups excluding tert-OH is 1. The predicted octanol–water partition coefficient (Wildman–Crippen LogP) is 0.933. The molecule has 2 rings (SSSR count). The van der Waals surface area contributed by atoms with Gasteiger partial charge in [0.25, 0.3) is 5.69 Å². The molecule has 0 unspecified atom stereocenters. The maximum Gasteiger partial charge on any atom is 0.288 e. The van der Waals surface area contributed by atoms with E-state index in [1.807, 2.05) is 4.90 Å². The van der Waals surface area contributed by atoms with E-state index >= 15 is 0 Å². The smallest absolute Gasteiger partial charge is 0.288 e. The summed E-state index contributed by atoms with van der Waals surface area (Å²) in [7, 11) is 0. The van der Waals surface area contributed by atoms with E-state index in [9.17, 15) is 10.1 Å². The second-order valence-electron chi connectivity index (χ2n) is 3.31. The van der Waals surface area contributed by atoms with Gasteiger partial charge >= 0.3 is 0 Å². The van der Waals surface area contributed by atoms with Crippen molar-refractivity contribution in [1.82, 2.24) is 4.98 Å². The highest BCUT2D eigenvalue weighted by atomic mass is 79.9. The molecule has 2 heterocycles. The molecule has 0 amide bonds. The molecule has 1 N–H and O–H groups in total. The number of hydrogen-bond acceptors (Lipinski definition) is 5. The fraction of sp³-hybridized carbons (Fsp3) is 0.375. The molecule has 1 saturated heterocycles. The van der Waals surface area contributed by atoms with Gasteiger partial charge in [-0.05, 0) is 15.9 Å². The van der Waals surface area contributed by atoms with Crippen LogP contribution in [0.15, 0.2) is 16.7 Å². The standard InChI is InChI=1S/C8H8BrN3O3/c9-7-1-5(12(14)15)2-10-8(7)11-3-6(13)4-11/h1-2,6,13H,3-4H2. The van der Waals surface area contributed by atoms with Crippen LogP contribution in [0.25, 0.3) is 0 Å². The first-order valence-corrected chi connectivity index (χ1v) is 5.10. The van der Waals surface area contributed by atoms with Crippen LogP contribution in [0.4, 0.5) is 11.5 Å². The Balaban J connectivity index is 2.23. The Kier molecular flexibility index (Phi) is 2.57. The molecule has 1 aliphatic rings. The summed E-state index contributed by atoms with van der Waals surface area (Å²) in [4.78, 5) is 15.8. The minimum Gasteiger partial charge on any atom is -0.389 e. The highest BCUT2D eigenvalue weighted by Crippen LogP contribution is 2.29. The van der Waals surface area contributed by atoms with Gasteiger partial charge in [-0.3, -0.25) is 10.1 Å². The molecule has 0 radical (unpaired) electrons. The highest BCUT2D eigenvalue weighted by molar-refractivity contribution is 9.10. The molecule has 0 aliphatic carbocycles. The Morgan fingerprint density at radius 3 is 2.80 bits per heavy atom. The minimum absolute atomic E-state index is 0.0494. The SMILES string of the molecule is O=[N+]([O-])c1cnc(N2CC(O)C2)c(Br)c1. The summed E-state index contributed by atoms with van der Waals surface area (Å²) in [6.07, 6.45) is 0.888. The van der Waals surface area contributed by atoms with Gasteiger partial charge < -0.3 is 10.0 Å². The lowest BCUT2D eigenvalue weighted by Crippen LogP contribution is -2.51. The molecule has 0 atom stereocenters. The monoisotopic (exact) mass is 273 g/mol. The van der Waals surface area contributed by atoms with Crippen LogP contribution in [-0.2, 0) is 0 Å². The van der Waals surface area contributed by atoms with Gasteiger partial charge in [-0.1, -0.05) is 0 Å². The van der Waals surface area contributed by atoms with Crippen molar-refractivity contribution >= 4 is 27.4 Å². The normalized spacial score (nSPS) is 16.3. The molecular formula is C8H8BrN3O3. The fourth-order valence-electron chi connectivity index (χ4n) is 1.38. The average Bonchev–Trinajstić information content (AvgIpc) is 2.13. The van der Waals surface area contributed by atoms with Crippen LogP contribution in [0.1, 0.15) is 0 Å². The Morgan fingerprint density at radius 1 is 1.67 bits per heavy atom. The van der Waals surface area contributed by atoms with Crippen LogP contribution >= 0.6 is 15.9 Å². The lowest BCUT2D eigenvalue weighted by Gasteiger charge is -2.37. The molecule has 0 bridgehead atoms. The van der Waals surface area contributed by atoms with Crippen LogP contribution in [0, 0.1) is 10.1 Å². The number of nitrogens with zero attached hydrogens (tertiary/aromatic N) is 3. The number of halogens is 1. The maximum absolute atomic E-state index is 10.5. The van der Waals surface area contributed by atoms with Crippen LogP contribution in [-0.4, -0.2) is 34.2 Å². The van der Waals surface area contributed by atoms with Crippen LogP contribution in [0.5, 0.6) is 0 Å². The molecule has 7 heteroatoms. The number of aliphatic hydroxyl groups is 1. The van der Waals surface area contributed by atoms with Gasteiger partial charge in [-0.15, -0.1) is 0 Å². The third kappa shape index (κ3) is 1.93. The van der Waals surface area contributed by atoms with Gasteiger partial charge in [0.1, 0.15) is 12.0 Å². The number of rotatable bonds is 2. The van der Waals surface area contributed by atoms with Crippen molar-refractivity contribution in [1.29, 1.82) is 0 Å². The number of hydrogen-bond donors (Lipinski definition) is 1. The van der Waals surface area contributed by atoms with E-state index in [2.05, 4.69) is 20.9 Å². The van der Waals surface area contributed by atoms with Gasteiger partial charge in [-0.2, -0.15) is 0 Å². The summed E-state index contributed by atoms with van der Waals surface area (Å²) in [6, 6.07) is 1.41. The largest absolute Gasteiger partial charge is 0.389 e. The van der Waals surface area contributed by atoms with E-state index in [0.717, 1.165) is 0 Å². The van der Waals surface area contributed by atoms with E-state index in [1.165, 1.54) is 12.3 Å². The fourth-order valence-corrected chi connectivity index (χ4v) is 1.97. The van der Waals surface area contributed by atoms with E-state index in [1.54, 1.807) is 0 Å². The Hall–Kier alpha value is -1.21. The van der Waals surface area contributed by atoms with Crippen molar-refractivity contribution in [2.45, 2.75) is 6.10 Å². The number of aromatic nitrogens is 1. The molecule has 80 valence electrons. The highest BCUT2D eigenvalue weighted by Gasteiger charge is 2.27. The van der Waals surface area contributed by atoms with Crippen molar-refractivity contribution in [2.75, 3.05) is 18.0 Å². The second kappa shape index (κ2) is 3.74. The minimum atomic E-state index is -0.494. The van der Waals surface area contributed by atoms with E-state index in [-0.39, 0.29) is 11.8 Å². The van der Waals surface area contributed by atoms with Gasteiger partial charge in [0.15, 0.2) is 0 Å². The van der Waals surface area contributed by atoms with Crippen LogP contribution in [0.3, 0.4) is 0 Å². The first kappa shape index (κ1) is 10.3. The van der Waals surface area contributed by atoms with Crippen molar-refractivity contribution in [3.05, 3.63) is 26.9 Å². The Morgan fingerprint density at radius 2 is 2.33 bits per heavy atom. The zero-order valence-corrected chi connectivity index (χ0v) is 9.22. The van der Waals surface area contributed by atoms with Crippen LogP contribution < -0.4 is 4.90 Å². The Labute approximate surface area is 93.8 Å². The third-order valence-electron chi connectivity index (χ3n) is 2.18. The zero-order chi connectivity index (χ0) is 11.0. The molecule has 1 aliphatic heterocycles. The summed E-state index contributed by atoms with van der Waals surface area (Å²) < 4.78 is 0.573. The zero-order valence-electron chi connectivity index (χ0n) is 7.63. The first-order valence-electron chi connectivity index (χ1n) is 4.31. The topological polar surface area (TPSA) is 79.5 Å². The van der Waals surface area contributed by atoms with E-state index in [0.29, 0.717) is 23.4 Å². The van der Waals surface area contributed by atoms with E-state index < -0.39 is 4.92 Å². The van der Waals surface area contributed by atoms with Gasteiger partial charge in [0.2, 0.25) is 0 Å². The number of anilines is 1. The summed E-state index contributed by atoms with van der Waals surface area (Å²) in [5.41, 5.74) is -0.0494. The molecule has 1 aromatic heterocycles. The molecule has 1 fully saturated rings. The molecule has 0 aromatic carbocycles. The summed E-state index contributed by atoms with van der Waals surface area (Å²) in [6.45, 7) is 1.03. The predicted molar refractivity (Wildman–Crippen MR) is 56.8 cm³/mol. The lowest BCUT2D eigenvalue weighted by molar-refractivity contribution is -0.385. The molecule has 1 aromatic rings. The van der Waals surface area contributed by atoms with E-state index in [4.69, 9.17) is 5.11 Å². The van der Waals surface area contributed by atoms with Crippen molar-refractivity contribution in [3.63, 3.8) is 0 Å². The maximum atomic E-state index is 10.5. The average molecular weight is 274 g/mol. The van der Waals surface area contributed by atoms with Gasteiger partial charge in [0.05, 0.1) is 15.5 Å². The number of pyridine rings is 1. The number of β-amino-alcohol motifs (C(OH)–C–C–N with tert-alkyl or cyclic N) is 1. The second-order valence-corrected chi connectivity index (χ2v) is 4.17. The van der Waals surface area contributed by atoms with Crippen molar-refractivity contribution in [2.24, 2.45) is 0 Å². The quantitative estimate of drug-likeness (QED) is 0.641. The molecule has 6 nitrogen and oxygen atoms in total. The molecule has 0 spiro atoms. The Bertz CT molecular complexity index is 406. The first-order chi connectivity index (χ1) is 7.08. The summed E-state index contributed by atoms with van der Waals surface area (Å²) in [5.74, 6) is 0.630. The van der Waals surface area contributed by atoms with Gasteiger partial charge in [0, 0.05) is 19.2 Å².